The molecule has 282 valence electrons. The first kappa shape index (κ1) is 38.3. The van der Waals surface area contributed by atoms with E-state index in [9.17, 15) is 0 Å². The molecule has 0 radical (unpaired) electrons. The summed E-state index contributed by atoms with van der Waals surface area (Å²) in [4.78, 5) is 23.4. The normalized spacial score (nSPS) is 13.4. The molecule has 0 saturated heterocycles. The van der Waals surface area contributed by atoms with Gasteiger partial charge in [-0.05, 0) is 104 Å². The van der Waals surface area contributed by atoms with Crippen LogP contribution in [0.5, 0.6) is 0 Å². The summed E-state index contributed by atoms with van der Waals surface area (Å²) in [7, 11) is 0. The van der Waals surface area contributed by atoms with Crippen LogP contribution in [0.3, 0.4) is 0 Å². The van der Waals surface area contributed by atoms with E-state index in [0.29, 0.717) is 0 Å². The lowest BCUT2D eigenvalue weighted by molar-refractivity contribution is 0.569. The summed E-state index contributed by atoms with van der Waals surface area (Å²) in [5.41, 5.74) is 15.9. The molecule has 5 nitrogen and oxygen atoms in total. The van der Waals surface area contributed by atoms with Crippen LogP contribution in [0.4, 0.5) is 17.1 Å². The zero-order valence-electron chi connectivity index (χ0n) is 33.4. The number of pyridine rings is 4. The molecule has 0 saturated carbocycles. The molecule has 0 amide bonds. The molecule has 1 aliphatic heterocycles. The second-order valence-electron chi connectivity index (χ2n) is 17.0. The predicted octanol–water partition coefficient (Wildman–Crippen LogP) is 12.9. The van der Waals surface area contributed by atoms with Gasteiger partial charge in [0.2, 0.25) is 0 Å². The predicted molar refractivity (Wildman–Crippen MR) is 233 cm³/mol. The maximum absolute atomic E-state index is 5.58. The van der Waals surface area contributed by atoms with Gasteiger partial charge >= 0.3 is 0 Å². The van der Waals surface area contributed by atoms with Crippen molar-refractivity contribution in [2.24, 2.45) is 0 Å². The molecular weight excluding hydrogens is 683 g/mol. The van der Waals surface area contributed by atoms with Gasteiger partial charge in [-0.1, -0.05) is 115 Å². The summed E-state index contributed by atoms with van der Waals surface area (Å²) in [6.45, 7) is 19.7. The molecular formula is C51H53N5. The van der Waals surface area contributed by atoms with Crippen molar-refractivity contribution >= 4 is 17.1 Å². The Kier molecular flexibility index (Phi) is 9.78. The second-order valence-corrected chi connectivity index (χ2v) is 17.0. The Balaban J connectivity index is 0.00000480. The van der Waals surface area contributed by atoms with E-state index in [2.05, 4.69) is 189 Å². The quantitative estimate of drug-likeness (QED) is 0.176. The van der Waals surface area contributed by atoms with Gasteiger partial charge in [0.15, 0.2) is 0 Å². The molecule has 8 rings (SSSR count). The summed E-state index contributed by atoms with van der Waals surface area (Å²) >= 11 is 0. The van der Waals surface area contributed by atoms with Crippen molar-refractivity contribution in [3.63, 3.8) is 0 Å². The molecule has 5 heteroatoms. The Hall–Kier alpha value is -5.94. The van der Waals surface area contributed by atoms with Gasteiger partial charge in [-0.15, -0.1) is 0 Å². The highest BCUT2D eigenvalue weighted by Gasteiger charge is 2.49. The Morgan fingerprint density at radius 2 is 0.929 bits per heavy atom. The van der Waals surface area contributed by atoms with Crippen molar-refractivity contribution in [2.75, 3.05) is 4.90 Å². The van der Waals surface area contributed by atoms with Gasteiger partial charge in [-0.25, -0.2) is 0 Å². The molecule has 0 spiro atoms. The Labute approximate surface area is 333 Å². The van der Waals surface area contributed by atoms with Gasteiger partial charge in [0.05, 0.1) is 39.8 Å². The first-order chi connectivity index (χ1) is 26.3. The maximum atomic E-state index is 5.58. The molecule has 0 N–H and O–H groups in total. The number of aryl methyl sites for hydroxylation is 3. The van der Waals surface area contributed by atoms with Crippen LogP contribution in [0.2, 0.25) is 0 Å². The van der Waals surface area contributed by atoms with Crippen LogP contribution in [-0.4, -0.2) is 19.9 Å². The largest absolute Gasteiger partial charge is 0.309 e. The summed E-state index contributed by atoms with van der Waals surface area (Å²) in [6, 6.07) is 43.5. The number of fused-ring (bicyclic) bond motifs is 2. The van der Waals surface area contributed by atoms with E-state index >= 15 is 0 Å². The van der Waals surface area contributed by atoms with Gasteiger partial charge in [-0.2, -0.15) is 0 Å². The van der Waals surface area contributed by atoms with Crippen molar-refractivity contribution in [3.8, 4) is 22.5 Å². The molecule has 0 atom stereocenters. The van der Waals surface area contributed by atoms with E-state index in [4.69, 9.17) is 19.9 Å². The minimum atomic E-state index is -0.875. The molecule has 0 bridgehead atoms. The molecule has 0 aliphatic carbocycles. The summed E-state index contributed by atoms with van der Waals surface area (Å²) in [5.74, 6) is 0. The van der Waals surface area contributed by atoms with E-state index in [1.54, 1.807) is 0 Å². The molecule has 3 aromatic carbocycles. The minimum Gasteiger partial charge on any atom is -0.309 e. The van der Waals surface area contributed by atoms with Crippen molar-refractivity contribution in [1.29, 1.82) is 0 Å². The second kappa shape index (κ2) is 14.3. The van der Waals surface area contributed by atoms with Gasteiger partial charge in [0, 0.05) is 45.7 Å². The monoisotopic (exact) mass is 735 g/mol. The Morgan fingerprint density at radius 1 is 0.500 bits per heavy atom. The Morgan fingerprint density at radius 3 is 1.32 bits per heavy atom. The van der Waals surface area contributed by atoms with Crippen molar-refractivity contribution < 1.29 is 0 Å². The third kappa shape index (κ3) is 6.49. The average Bonchev–Trinajstić information content (AvgIpc) is 3.17. The molecule has 1 aliphatic rings. The van der Waals surface area contributed by atoms with Gasteiger partial charge in [0.1, 0.15) is 5.41 Å². The fourth-order valence-electron chi connectivity index (χ4n) is 8.28. The van der Waals surface area contributed by atoms with Crippen LogP contribution in [-0.2, 0) is 16.2 Å². The lowest BCUT2D eigenvalue weighted by atomic mass is 9.65. The molecule has 56 heavy (non-hydrogen) atoms. The highest BCUT2D eigenvalue weighted by atomic mass is 15.2. The number of hydrogen-bond acceptors (Lipinski definition) is 5. The van der Waals surface area contributed by atoms with Crippen LogP contribution in [0.25, 0.3) is 22.5 Å². The van der Waals surface area contributed by atoms with Crippen molar-refractivity contribution in [1.82, 2.24) is 19.9 Å². The molecule has 0 fully saturated rings. The van der Waals surface area contributed by atoms with Crippen molar-refractivity contribution in [3.05, 3.63) is 184 Å². The number of rotatable bonds is 5. The molecule has 0 unspecified atom stereocenters. The third-order valence-corrected chi connectivity index (χ3v) is 10.9. The molecule has 5 heterocycles. The highest BCUT2D eigenvalue weighted by molar-refractivity contribution is 5.91. The maximum Gasteiger partial charge on any atom is 0.109 e. The highest BCUT2D eigenvalue weighted by Crippen LogP contribution is 2.58. The number of benzene rings is 3. The summed E-state index contributed by atoms with van der Waals surface area (Å²) in [5, 5.41) is 0. The number of anilines is 3. The van der Waals surface area contributed by atoms with E-state index in [1.165, 1.54) is 22.4 Å². The number of aromatic nitrogens is 4. The van der Waals surface area contributed by atoms with Crippen LogP contribution in [0, 0.1) is 20.8 Å². The minimum absolute atomic E-state index is 0. The SMILES string of the molecule is C.Cc1cc(C)c(N2c3ccccc3C(c3cccc(-c4ccc(C(C)(C)C)nc4)n3)(c3cccc(-c4ccc(C(C)(C)C)nc4)n3)c3ccccc32)c(C)c1. The average molecular weight is 736 g/mol. The lowest BCUT2D eigenvalue weighted by Gasteiger charge is -2.45. The topological polar surface area (TPSA) is 54.8 Å². The summed E-state index contributed by atoms with van der Waals surface area (Å²) in [6.07, 6.45) is 3.92. The third-order valence-electron chi connectivity index (χ3n) is 10.9. The van der Waals surface area contributed by atoms with Crippen LogP contribution in [0.15, 0.2) is 134 Å². The Bertz CT molecular complexity index is 2360. The number of hydrogen-bond donors (Lipinski definition) is 0. The van der Waals surface area contributed by atoms with Gasteiger partial charge < -0.3 is 4.90 Å². The van der Waals surface area contributed by atoms with E-state index in [0.717, 1.165) is 67.8 Å². The van der Waals surface area contributed by atoms with Gasteiger partial charge in [-0.3, -0.25) is 19.9 Å². The fourth-order valence-corrected chi connectivity index (χ4v) is 8.28. The van der Waals surface area contributed by atoms with Crippen LogP contribution in [0.1, 0.15) is 99.6 Å². The number of nitrogens with zero attached hydrogens (tertiary/aromatic N) is 5. The van der Waals surface area contributed by atoms with E-state index in [1.807, 2.05) is 12.4 Å². The fraction of sp³-hybridized carbons (Fsp3) is 0.255. The zero-order chi connectivity index (χ0) is 38.7. The van der Waals surface area contributed by atoms with Crippen LogP contribution >= 0.6 is 0 Å². The summed E-state index contributed by atoms with van der Waals surface area (Å²) < 4.78 is 0. The number of para-hydroxylation sites is 2. The van der Waals surface area contributed by atoms with E-state index < -0.39 is 5.41 Å². The molecule has 7 aromatic rings. The van der Waals surface area contributed by atoms with Crippen molar-refractivity contribution in [2.45, 2.75) is 86.0 Å². The first-order valence-electron chi connectivity index (χ1n) is 19.2. The smallest absolute Gasteiger partial charge is 0.109 e. The molecule has 4 aromatic heterocycles. The van der Waals surface area contributed by atoms with Crippen LogP contribution < -0.4 is 4.90 Å². The first-order valence-corrected chi connectivity index (χ1v) is 19.2. The lowest BCUT2D eigenvalue weighted by Crippen LogP contribution is -2.39. The standard InChI is InChI=1S/C50H49N5.CH4/c1-32-28-33(2)47(34(3)29-32)55-41-20-12-10-16-37(41)50(38-17-11-13-21-42(38)55,45-22-14-18-39(53-45)35-24-26-43(51-30-35)48(4,5)6)46-23-15-19-40(54-46)36-25-27-44(52-31-36)49(7,8)9;/h10-31H,1-9H3;1H4. The van der Waals surface area contributed by atoms with Gasteiger partial charge in [0.25, 0.3) is 0 Å². The zero-order valence-corrected chi connectivity index (χ0v) is 33.4. The van der Waals surface area contributed by atoms with E-state index in [-0.39, 0.29) is 18.3 Å².